The summed E-state index contributed by atoms with van der Waals surface area (Å²) < 4.78 is 111. The van der Waals surface area contributed by atoms with Crippen LogP contribution in [0.1, 0.15) is 5.56 Å². The Morgan fingerprint density at radius 1 is 0.322 bits per heavy atom. The summed E-state index contributed by atoms with van der Waals surface area (Å²) in [5.41, 5.74) is 0.971. The van der Waals surface area contributed by atoms with Crippen molar-refractivity contribution in [2.75, 3.05) is 211 Å². The summed E-state index contributed by atoms with van der Waals surface area (Å²) >= 11 is 0. The maximum Gasteiger partial charge on any atom is 0.297 e. The van der Waals surface area contributed by atoms with Crippen molar-refractivity contribution in [3.05, 3.63) is 29.8 Å². The van der Waals surface area contributed by atoms with E-state index in [1.54, 1.807) is 12.1 Å². The number of aliphatic hydroxyl groups is 1. The lowest BCUT2D eigenvalue weighted by Crippen LogP contribution is -2.16. The monoisotopic (exact) mass is 876 g/mol. The molecule has 0 aliphatic heterocycles. The number of hydrogen-bond donors (Lipinski definition) is 1. The maximum atomic E-state index is 12.1. The van der Waals surface area contributed by atoms with Crippen molar-refractivity contribution in [2.24, 2.45) is 0 Å². The van der Waals surface area contributed by atoms with Crippen LogP contribution in [0.3, 0.4) is 0 Å². The summed E-state index contributed by atoms with van der Waals surface area (Å²) in [4.78, 5) is 0.124. The maximum absolute atomic E-state index is 12.1. The van der Waals surface area contributed by atoms with Gasteiger partial charge in [-0.15, -0.1) is 0 Å². The van der Waals surface area contributed by atoms with Gasteiger partial charge in [0, 0.05) is 0 Å². The summed E-state index contributed by atoms with van der Waals surface area (Å²) in [6, 6.07) is 6.47. The number of rotatable bonds is 49. The van der Waals surface area contributed by atoms with Crippen molar-refractivity contribution in [2.45, 2.75) is 11.8 Å². The highest BCUT2D eigenvalue weighted by molar-refractivity contribution is 7.86. The summed E-state index contributed by atoms with van der Waals surface area (Å²) in [6.07, 6.45) is 0. The van der Waals surface area contributed by atoms with E-state index in [9.17, 15) is 8.42 Å². The van der Waals surface area contributed by atoms with Crippen molar-refractivity contribution >= 4 is 10.1 Å². The minimum atomic E-state index is -3.78. The predicted octanol–water partition coefficient (Wildman–Crippen LogP) is 0.942. The SMILES string of the molecule is Cc1ccc(S(=O)(=O)OCCOCCOCCOCCOCCOCCOCCOCCOCCOCCOCCOCCOCCOCCOCCOCCO)cc1. The van der Waals surface area contributed by atoms with Gasteiger partial charge in [0.25, 0.3) is 10.1 Å². The van der Waals surface area contributed by atoms with Gasteiger partial charge >= 0.3 is 0 Å². The van der Waals surface area contributed by atoms with Gasteiger partial charge in [0.15, 0.2) is 0 Å². The zero-order valence-electron chi connectivity index (χ0n) is 35.1. The Morgan fingerprint density at radius 2 is 0.508 bits per heavy atom. The van der Waals surface area contributed by atoms with Gasteiger partial charge in [-0.2, -0.15) is 8.42 Å². The van der Waals surface area contributed by atoms with Gasteiger partial charge in [0.2, 0.25) is 0 Å². The van der Waals surface area contributed by atoms with Crippen molar-refractivity contribution < 1.29 is 88.8 Å². The fraction of sp³-hybridized carbons (Fsp3) is 0.846. The van der Waals surface area contributed by atoms with E-state index in [2.05, 4.69) is 0 Å². The first-order chi connectivity index (χ1) is 29.1. The highest BCUT2D eigenvalue weighted by Crippen LogP contribution is 2.13. The molecule has 0 aliphatic carbocycles. The molecule has 0 amide bonds. The minimum Gasteiger partial charge on any atom is -0.394 e. The standard InChI is InChI=1S/C39H72O19S/c1-38-2-4-39(5-3-38)59(41,42)58-37-36-57-35-34-56-33-32-55-31-30-54-29-28-53-27-26-52-25-24-51-23-22-50-21-20-49-19-18-48-17-16-47-15-14-46-13-12-45-11-10-44-9-8-43-7-6-40/h2-5,40H,6-37H2,1H3. The van der Waals surface area contributed by atoms with Crippen LogP contribution < -0.4 is 0 Å². The van der Waals surface area contributed by atoms with Crippen LogP contribution in [0.2, 0.25) is 0 Å². The zero-order chi connectivity index (χ0) is 42.4. The molecule has 19 nitrogen and oxygen atoms in total. The molecule has 0 fully saturated rings. The van der Waals surface area contributed by atoms with E-state index in [1.807, 2.05) is 6.92 Å². The predicted molar refractivity (Wildman–Crippen MR) is 214 cm³/mol. The van der Waals surface area contributed by atoms with Crippen molar-refractivity contribution in [3.8, 4) is 0 Å². The number of benzene rings is 1. The molecule has 59 heavy (non-hydrogen) atoms. The molecule has 0 heterocycles. The fourth-order valence-corrected chi connectivity index (χ4v) is 5.11. The van der Waals surface area contributed by atoms with E-state index in [0.29, 0.717) is 192 Å². The minimum absolute atomic E-state index is 0.0177. The van der Waals surface area contributed by atoms with Crippen LogP contribution in [-0.4, -0.2) is 225 Å². The molecule has 0 spiro atoms. The Labute approximate surface area is 351 Å². The second-order valence-corrected chi connectivity index (χ2v) is 13.6. The van der Waals surface area contributed by atoms with Crippen LogP contribution in [0.15, 0.2) is 29.2 Å². The normalized spacial score (nSPS) is 11.9. The van der Waals surface area contributed by atoms with Crippen LogP contribution >= 0.6 is 0 Å². The summed E-state index contributed by atoms with van der Waals surface area (Å²) in [7, 11) is -3.78. The van der Waals surface area contributed by atoms with Crippen molar-refractivity contribution in [3.63, 3.8) is 0 Å². The second kappa shape index (κ2) is 44.5. The largest absolute Gasteiger partial charge is 0.394 e. The zero-order valence-corrected chi connectivity index (χ0v) is 36.0. The van der Waals surface area contributed by atoms with Crippen LogP contribution in [0.25, 0.3) is 0 Å². The molecule has 0 bridgehead atoms. The molecule has 20 heteroatoms. The topological polar surface area (TPSA) is 202 Å². The molecule has 1 aromatic rings. The lowest BCUT2D eigenvalue weighted by molar-refractivity contribution is -0.0302. The second-order valence-electron chi connectivity index (χ2n) is 12.0. The molecule has 0 saturated heterocycles. The third-order valence-corrected chi connectivity index (χ3v) is 8.55. The van der Waals surface area contributed by atoms with E-state index in [4.69, 9.17) is 80.3 Å². The van der Waals surface area contributed by atoms with Gasteiger partial charge in [-0.3, -0.25) is 4.18 Å². The van der Waals surface area contributed by atoms with Crippen molar-refractivity contribution in [1.82, 2.24) is 0 Å². The van der Waals surface area contributed by atoms with Crippen LogP contribution in [0.4, 0.5) is 0 Å². The average Bonchev–Trinajstić information content (AvgIpc) is 3.23. The summed E-state index contributed by atoms with van der Waals surface area (Å²) in [5.74, 6) is 0. The Balaban J connectivity index is 1.63. The van der Waals surface area contributed by atoms with Gasteiger partial charge in [0.05, 0.1) is 216 Å². The number of hydrogen-bond acceptors (Lipinski definition) is 19. The molecular weight excluding hydrogens is 804 g/mol. The highest BCUT2D eigenvalue weighted by Gasteiger charge is 2.14. The molecule has 1 rings (SSSR count). The van der Waals surface area contributed by atoms with Gasteiger partial charge in [-0.25, -0.2) is 0 Å². The Morgan fingerprint density at radius 3 is 0.712 bits per heavy atom. The summed E-state index contributed by atoms with van der Waals surface area (Å²) in [5, 5.41) is 8.59. The first-order valence-electron chi connectivity index (χ1n) is 20.3. The van der Waals surface area contributed by atoms with Gasteiger partial charge in [0.1, 0.15) is 0 Å². The van der Waals surface area contributed by atoms with E-state index in [0.717, 1.165) is 5.56 Å². The first kappa shape index (κ1) is 55.5. The number of aliphatic hydroxyl groups excluding tert-OH is 1. The lowest BCUT2D eigenvalue weighted by Gasteiger charge is -2.09. The van der Waals surface area contributed by atoms with E-state index < -0.39 is 10.1 Å². The first-order valence-corrected chi connectivity index (χ1v) is 21.7. The van der Waals surface area contributed by atoms with Crippen LogP contribution in [0.5, 0.6) is 0 Å². The van der Waals surface area contributed by atoms with Crippen molar-refractivity contribution in [1.29, 1.82) is 0 Å². The van der Waals surface area contributed by atoms with E-state index in [1.165, 1.54) is 12.1 Å². The Bertz CT molecular complexity index is 1090. The smallest absolute Gasteiger partial charge is 0.297 e. The number of aryl methyl sites for hydroxylation is 1. The molecule has 0 unspecified atom stereocenters. The number of ether oxygens (including phenoxy) is 15. The van der Waals surface area contributed by atoms with E-state index >= 15 is 0 Å². The van der Waals surface area contributed by atoms with Gasteiger partial charge < -0.3 is 76.2 Å². The molecule has 0 atom stereocenters. The molecular formula is C39H72O19S. The Hall–Kier alpha value is -1.51. The van der Waals surface area contributed by atoms with Gasteiger partial charge in [-0.05, 0) is 19.1 Å². The molecule has 0 saturated carbocycles. The quantitative estimate of drug-likeness (QED) is 0.0715. The summed E-state index contributed by atoms with van der Waals surface area (Å²) in [6.45, 7) is 15.3. The van der Waals surface area contributed by atoms with E-state index in [-0.39, 0.29) is 24.7 Å². The average molecular weight is 877 g/mol. The van der Waals surface area contributed by atoms with Crippen LogP contribution in [0, 0.1) is 6.92 Å². The third kappa shape index (κ3) is 40.3. The molecule has 0 aromatic heterocycles. The fourth-order valence-electron chi connectivity index (χ4n) is 4.22. The van der Waals surface area contributed by atoms with Gasteiger partial charge in [-0.1, -0.05) is 17.7 Å². The highest BCUT2D eigenvalue weighted by atomic mass is 32.2. The molecule has 0 radical (unpaired) electrons. The molecule has 348 valence electrons. The molecule has 1 N–H and O–H groups in total. The molecule has 1 aromatic carbocycles. The lowest BCUT2D eigenvalue weighted by atomic mass is 10.2. The third-order valence-electron chi connectivity index (χ3n) is 7.22. The molecule has 0 aliphatic rings. The van der Waals surface area contributed by atoms with Crippen LogP contribution in [-0.2, 0) is 85.4 Å². The Kier molecular flexibility index (Phi) is 41.9.